The second-order valence-electron chi connectivity index (χ2n) is 12.0. The van der Waals surface area contributed by atoms with Crippen molar-refractivity contribution in [2.45, 2.75) is 75.5 Å². The topological polar surface area (TPSA) is 278 Å². The normalized spacial score (nSPS) is 20.7. The summed E-state index contributed by atoms with van der Waals surface area (Å²) in [5.41, 5.74) is 16.9. The Kier molecular flexibility index (Phi) is 9.24. The molecule has 4 aromatic rings. The van der Waals surface area contributed by atoms with Crippen LogP contribution in [0.25, 0.3) is 22.3 Å². The van der Waals surface area contributed by atoms with Crippen molar-refractivity contribution < 1.29 is 27.7 Å². The Hall–Kier alpha value is -4.43. The molecule has 0 saturated heterocycles. The summed E-state index contributed by atoms with van der Waals surface area (Å²) in [6.07, 6.45) is 15.9. The average molecular weight is 671 g/mol. The molecule has 47 heavy (non-hydrogen) atoms. The lowest BCUT2D eigenvalue weighted by Gasteiger charge is -2.13. The number of aliphatic hydroxyl groups is 2. The predicted molar refractivity (Wildman–Crippen MR) is 174 cm³/mol. The van der Waals surface area contributed by atoms with Crippen molar-refractivity contribution in [1.29, 1.82) is 0 Å². The maximum absolute atomic E-state index is 9.24. The number of nitrogen functional groups attached to an aromatic ring is 2. The minimum absolute atomic E-state index is 0.120. The van der Waals surface area contributed by atoms with Crippen LogP contribution in [-0.4, -0.2) is 92.1 Å². The van der Waals surface area contributed by atoms with E-state index in [4.69, 9.17) is 29.0 Å². The number of aliphatic hydroxyl groups excluding tert-OH is 2. The van der Waals surface area contributed by atoms with Crippen LogP contribution < -0.4 is 22.1 Å². The summed E-state index contributed by atoms with van der Waals surface area (Å²) in [4.78, 5) is 26.2. The molecule has 2 fully saturated rings. The van der Waals surface area contributed by atoms with Gasteiger partial charge in [-0.3, -0.25) is 9.11 Å². The summed E-state index contributed by atoms with van der Waals surface area (Å²) in [5.74, 6) is 1.99. The third-order valence-electron chi connectivity index (χ3n) is 8.26. The fraction of sp³-hybridized carbons (Fsp3) is 0.500. The van der Waals surface area contributed by atoms with E-state index in [1.165, 1.54) is 25.7 Å². The molecule has 0 bridgehead atoms. The minimum atomic E-state index is -4.67. The number of nitrogens with two attached hydrogens (primary N) is 2. The first kappa shape index (κ1) is 32.5. The molecule has 2 atom stereocenters. The van der Waals surface area contributed by atoms with Crippen molar-refractivity contribution >= 4 is 56.3 Å². The van der Waals surface area contributed by atoms with Gasteiger partial charge in [-0.05, 0) is 62.5 Å². The summed E-state index contributed by atoms with van der Waals surface area (Å²) in [6.45, 7) is 0.240. The first-order valence-corrected chi connectivity index (χ1v) is 16.7. The quantitative estimate of drug-likeness (QED) is 0.0980. The summed E-state index contributed by atoms with van der Waals surface area (Å²) in [7, 11) is -4.67. The van der Waals surface area contributed by atoms with E-state index in [-0.39, 0.29) is 37.2 Å². The number of allylic oxidation sites excluding steroid dienone is 2. The van der Waals surface area contributed by atoms with Gasteiger partial charge in [0.1, 0.15) is 0 Å². The average Bonchev–Trinajstić information content (AvgIpc) is 3.73. The number of hydrogen-bond donors (Lipinski definition) is 8. The molecular formula is C28H38N12O6S. The van der Waals surface area contributed by atoms with Crippen molar-refractivity contribution in [2.75, 3.05) is 35.3 Å². The van der Waals surface area contributed by atoms with Gasteiger partial charge in [0, 0.05) is 24.2 Å². The lowest BCUT2D eigenvalue weighted by atomic mass is 10.2. The van der Waals surface area contributed by atoms with Crippen LogP contribution in [0.1, 0.15) is 63.5 Å². The first-order valence-electron chi connectivity index (χ1n) is 15.3. The van der Waals surface area contributed by atoms with E-state index in [2.05, 4.69) is 52.7 Å². The van der Waals surface area contributed by atoms with Gasteiger partial charge in [0.25, 0.3) is 0 Å². The lowest BCUT2D eigenvalue weighted by Crippen LogP contribution is -2.09. The smallest absolute Gasteiger partial charge is 0.392 e. The third-order valence-corrected chi connectivity index (χ3v) is 8.26. The zero-order valence-electron chi connectivity index (χ0n) is 25.4. The van der Waals surface area contributed by atoms with E-state index in [0.717, 1.165) is 70.8 Å². The highest BCUT2D eigenvalue weighted by atomic mass is 32.3. The molecule has 0 unspecified atom stereocenters. The molecule has 0 spiro atoms. The van der Waals surface area contributed by atoms with Crippen LogP contribution in [0.15, 0.2) is 36.0 Å². The standard InChI is InChI=1S/2C14H18N6O.H2O4S/c2*15-14-18-12(17-9-2-3-9)11-13(19-14)20(7-16-11)10-4-1-8(5-10)6-21;1-5(2,3)4/h2*1,7,9-10,21H,2-6H2,(H3,15,17,18,19);(H2,1,2,3,4)/t2*10-;/m00./s1. The fourth-order valence-electron chi connectivity index (χ4n) is 5.67. The number of rotatable bonds is 8. The van der Waals surface area contributed by atoms with Gasteiger partial charge in [-0.1, -0.05) is 12.2 Å². The molecule has 0 radical (unpaired) electrons. The van der Waals surface area contributed by atoms with E-state index in [1.807, 2.05) is 9.13 Å². The van der Waals surface area contributed by atoms with Crippen molar-refractivity contribution in [3.05, 3.63) is 36.0 Å². The van der Waals surface area contributed by atoms with E-state index in [1.54, 1.807) is 12.7 Å². The lowest BCUT2D eigenvalue weighted by molar-refractivity contribution is 0.324. The number of imidazole rings is 2. The van der Waals surface area contributed by atoms with Gasteiger partial charge in [-0.25, -0.2) is 9.97 Å². The molecule has 8 rings (SSSR count). The zero-order valence-corrected chi connectivity index (χ0v) is 26.3. The van der Waals surface area contributed by atoms with Crippen molar-refractivity contribution in [1.82, 2.24) is 39.0 Å². The Labute approximate surface area is 269 Å². The SMILES string of the molecule is Nc1nc(NC2CC2)c2ncn([C@H]3CC=C(CO)C3)c2n1.Nc1nc(NC2CC2)c2ncn([C@H]3CC=C(CO)C3)c2n1.O=S(=O)(O)O. The van der Waals surface area contributed by atoms with Crippen molar-refractivity contribution in [3.63, 3.8) is 0 Å². The Bertz CT molecular complexity index is 1800. The summed E-state index contributed by atoms with van der Waals surface area (Å²) in [6, 6.07) is 1.48. The van der Waals surface area contributed by atoms with Gasteiger partial charge in [0.2, 0.25) is 11.9 Å². The van der Waals surface area contributed by atoms with Crippen LogP contribution in [0.3, 0.4) is 0 Å². The Morgan fingerprint density at radius 1 is 0.723 bits per heavy atom. The summed E-state index contributed by atoms with van der Waals surface area (Å²) in [5, 5.41) is 25.2. The second kappa shape index (κ2) is 13.4. The molecule has 0 aliphatic heterocycles. The maximum atomic E-state index is 9.24. The zero-order chi connectivity index (χ0) is 33.3. The van der Waals surface area contributed by atoms with Crippen LogP contribution in [0.4, 0.5) is 23.5 Å². The number of fused-ring (bicyclic) bond motifs is 2. The van der Waals surface area contributed by atoms with Gasteiger partial charge in [0.05, 0.1) is 25.9 Å². The van der Waals surface area contributed by atoms with Crippen LogP contribution in [0, 0.1) is 0 Å². The highest BCUT2D eigenvalue weighted by Crippen LogP contribution is 2.35. The minimum Gasteiger partial charge on any atom is -0.392 e. The molecule has 4 heterocycles. The monoisotopic (exact) mass is 670 g/mol. The maximum Gasteiger partial charge on any atom is 0.394 e. The molecule has 2 saturated carbocycles. The van der Waals surface area contributed by atoms with Crippen LogP contribution in [0.5, 0.6) is 0 Å². The summed E-state index contributed by atoms with van der Waals surface area (Å²) < 4.78 is 35.7. The molecule has 10 N–H and O–H groups in total. The molecule has 0 aromatic carbocycles. The third kappa shape index (κ3) is 8.11. The molecule has 252 valence electrons. The molecule has 4 aliphatic carbocycles. The van der Waals surface area contributed by atoms with E-state index in [9.17, 15) is 10.2 Å². The molecule has 18 nitrogen and oxygen atoms in total. The number of hydrogen-bond acceptors (Lipinski definition) is 14. The Balaban J connectivity index is 0.000000144. The fourth-order valence-corrected chi connectivity index (χ4v) is 5.67. The number of nitrogens with one attached hydrogen (secondary N) is 2. The molecule has 4 aliphatic rings. The number of nitrogens with zero attached hydrogens (tertiary/aromatic N) is 8. The van der Waals surface area contributed by atoms with Crippen LogP contribution in [-0.2, 0) is 10.4 Å². The number of aromatic nitrogens is 8. The Morgan fingerprint density at radius 3 is 1.43 bits per heavy atom. The van der Waals surface area contributed by atoms with E-state index < -0.39 is 10.4 Å². The van der Waals surface area contributed by atoms with Gasteiger partial charge < -0.3 is 41.4 Å². The van der Waals surface area contributed by atoms with Gasteiger partial charge in [0.15, 0.2) is 34.0 Å². The van der Waals surface area contributed by atoms with Gasteiger partial charge in [-0.2, -0.15) is 28.4 Å². The largest absolute Gasteiger partial charge is 0.394 e. The molecular weight excluding hydrogens is 632 g/mol. The van der Waals surface area contributed by atoms with E-state index >= 15 is 0 Å². The first-order chi connectivity index (χ1) is 22.5. The Morgan fingerprint density at radius 2 is 1.11 bits per heavy atom. The molecule has 19 heteroatoms. The van der Waals surface area contributed by atoms with Gasteiger partial charge in [-0.15, -0.1) is 0 Å². The van der Waals surface area contributed by atoms with Crippen LogP contribution in [0.2, 0.25) is 0 Å². The molecule has 0 amide bonds. The number of anilines is 4. The van der Waals surface area contributed by atoms with E-state index in [0.29, 0.717) is 12.1 Å². The second-order valence-corrected chi connectivity index (χ2v) is 12.9. The molecule has 4 aromatic heterocycles. The van der Waals surface area contributed by atoms with Gasteiger partial charge >= 0.3 is 10.4 Å². The van der Waals surface area contributed by atoms with Crippen molar-refractivity contribution in [3.8, 4) is 0 Å². The summed E-state index contributed by atoms with van der Waals surface area (Å²) >= 11 is 0. The van der Waals surface area contributed by atoms with Crippen LogP contribution >= 0.6 is 0 Å². The predicted octanol–water partition coefficient (Wildman–Crippen LogP) is 1.82. The van der Waals surface area contributed by atoms with Crippen molar-refractivity contribution in [2.24, 2.45) is 0 Å². The highest BCUT2D eigenvalue weighted by molar-refractivity contribution is 7.79. The highest BCUT2D eigenvalue weighted by Gasteiger charge is 2.27.